The van der Waals surface area contributed by atoms with Gasteiger partial charge in [0.25, 0.3) is 0 Å². The minimum absolute atomic E-state index is 0.0940. The molecular formula is C13H16O4. The first-order valence-corrected chi connectivity index (χ1v) is 5.40. The van der Waals surface area contributed by atoms with Crippen LogP contribution in [-0.2, 0) is 20.7 Å². The van der Waals surface area contributed by atoms with Crippen molar-refractivity contribution in [3.8, 4) is 5.75 Å². The van der Waals surface area contributed by atoms with Gasteiger partial charge < -0.3 is 14.3 Å². The fourth-order valence-electron chi connectivity index (χ4n) is 1.27. The monoisotopic (exact) mass is 236 g/mol. The Morgan fingerprint density at radius 2 is 1.82 bits per heavy atom. The van der Waals surface area contributed by atoms with Gasteiger partial charge >= 0.3 is 5.97 Å². The van der Waals surface area contributed by atoms with E-state index in [0.717, 1.165) is 12.0 Å². The van der Waals surface area contributed by atoms with Gasteiger partial charge in [-0.15, -0.1) is 0 Å². The lowest BCUT2D eigenvalue weighted by Gasteiger charge is -2.05. The molecule has 0 saturated carbocycles. The van der Waals surface area contributed by atoms with E-state index < -0.39 is 5.97 Å². The Kier molecular flexibility index (Phi) is 5.20. The van der Waals surface area contributed by atoms with Crippen LogP contribution in [0.1, 0.15) is 18.9 Å². The van der Waals surface area contributed by atoms with Crippen LogP contribution in [0.15, 0.2) is 24.3 Å². The first-order chi connectivity index (χ1) is 8.11. The zero-order valence-corrected chi connectivity index (χ0v) is 10.1. The first-order valence-electron chi connectivity index (χ1n) is 5.40. The number of methoxy groups -OCH3 is 1. The van der Waals surface area contributed by atoms with Gasteiger partial charge in [-0.3, -0.25) is 0 Å². The number of hydrogen-bond donors (Lipinski definition) is 0. The molecular weight excluding hydrogens is 220 g/mol. The van der Waals surface area contributed by atoms with E-state index in [2.05, 4.69) is 4.74 Å². The quantitative estimate of drug-likeness (QED) is 0.706. The highest BCUT2D eigenvalue weighted by molar-refractivity contribution is 5.75. The van der Waals surface area contributed by atoms with Gasteiger partial charge in [-0.2, -0.15) is 0 Å². The van der Waals surface area contributed by atoms with Crippen LogP contribution in [0, 0.1) is 0 Å². The molecule has 92 valence electrons. The van der Waals surface area contributed by atoms with Gasteiger partial charge in [0.1, 0.15) is 11.5 Å². The molecule has 0 aromatic heterocycles. The lowest BCUT2D eigenvalue weighted by atomic mass is 10.1. The Labute approximate surface area is 101 Å². The van der Waals surface area contributed by atoms with Crippen molar-refractivity contribution in [2.45, 2.75) is 19.8 Å². The van der Waals surface area contributed by atoms with Gasteiger partial charge in [0.2, 0.25) is 0 Å². The van der Waals surface area contributed by atoms with Crippen LogP contribution in [0.2, 0.25) is 0 Å². The molecule has 0 heterocycles. The van der Waals surface area contributed by atoms with Crippen LogP contribution in [0.4, 0.5) is 0 Å². The maximum Gasteiger partial charge on any atom is 0.343 e. The molecule has 1 rings (SSSR count). The van der Waals surface area contributed by atoms with Crippen molar-refractivity contribution in [2.24, 2.45) is 0 Å². The van der Waals surface area contributed by atoms with E-state index in [1.165, 1.54) is 7.11 Å². The number of carbonyl (C=O) groups is 2. The van der Waals surface area contributed by atoms with E-state index >= 15 is 0 Å². The minimum atomic E-state index is -0.411. The average molecular weight is 236 g/mol. The van der Waals surface area contributed by atoms with Crippen LogP contribution >= 0.6 is 0 Å². The summed E-state index contributed by atoms with van der Waals surface area (Å²) in [4.78, 5) is 21.7. The lowest BCUT2D eigenvalue weighted by molar-refractivity contribution is -0.142. The molecule has 0 aliphatic rings. The standard InChI is InChI=1S/C13H16O4/c1-10(14)3-4-11-5-7-12(8-6-11)17-9-13(15)16-2/h5-8H,3-4,9H2,1-2H3. The van der Waals surface area contributed by atoms with Crippen LogP contribution in [0.25, 0.3) is 0 Å². The number of carbonyl (C=O) groups excluding carboxylic acids is 2. The highest BCUT2D eigenvalue weighted by Gasteiger charge is 2.02. The zero-order valence-electron chi connectivity index (χ0n) is 10.1. The summed E-state index contributed by atoms with van der Waals surface area (Å²) in [6, 6.07) is 7.32. The van der Waals surface area contributed by atoms with E-state index in [1.807, 2.05) is 12.1 Å². The van der Waals surface area contributed by atoms with Gasteiger partial charge in [-0.05, 0) is 31.0 Å². The molecule has 0 atom stereocenters. The van der Waals surface area contributed by atoms with Crippen molar-refractivity contribution in [1.82, 2.24) is 0 Å². The molecule has 0 spiro atoms. The van der Waals surface area contributed by atoms with Gasteiger partial charge in [0, 0.05) is 6.42 Å². The number of ketones is 1. The molecule has 0 bridgehead atoms. The smallest absolute Gasteiger partial charge is 0.343 e. The van der Waals surface area contributed by atoms with Crippen molar-refractivity contribution in [2.75, 3.05) is 13.7 Å². The van der Waals surface area contributed by atoms with Crippen LogP contribution in [-0.4, -0.2) is 25.5 Å². The predicted octanol–water partition coefficient (Wildman–Crippen LogP) is 1.76. The molecule has 4 heteroatoms. The van der Waals surface area contributed by atoms with E-state index in [9.17, 15) is 9.59 Å². The Hall–Kier alpha value is -1.84. The molecule has 0 unspecified atom stereocenters. The number of ether oxygens (including phenoxy) is 2. The maximum absolute atomic E-state index is 10.8. The Balaban J connectivity index is 2.44. The third kappa shape index (κ3) is 5.15. The topological polar surface area (TPSA) is 52.6 Å². The van der Waals surface area contributed by atoms with Gasteiger partial charge in [0.05, 0.1) is 7.11 Å². The summed E-state index contributed by atoms with van der Waals surface area (Å²) in [6.07, 6.45) is 1.27. The molecule has 1 aromatic carbocycles. The number of hydrogen-bond acceptors (Lipinski definition) is 4. The second kappa shape index (κ2) is 6.68. The van der Waals surface area contributed by atoms with E-state index in [1.54, 1.807) is 19.1 Å². The maximum atomic E-state index is 10.8. The van der Waals surface area contributed by atoms with Crippen molar-refractivity contribution in [3.63, 3.8) is 0 Å². The minimum Gasteiger partial charge on any atom is -0.482 e. The summed E-state index contributed by atoms with van der Waals surface area (Å²) < 4.78 is 9.66. The second-order valence-corrected chi connectivity index (χ2v) is 3.71. The average Bonchev–Trinajstić information content (AvgIpc) is 2.34. The molecule has 0 fully saturated rings. The van der Waals surface area contributed by atoms with Gasteiger partial charge in [0.15, 0.2) is 6.61 Å². The Morgan fingerprint density at radius 1 is 1.18 bits per heavy atom. The Morgan fingerprint density at radius 3 is 2.35 bits per heavy atom. The molecule has 4 nitrogen and oxygen atoms in total. The molecule has 1 aromatic rings. The van der Waals surface area contributed by atoms with Gasteiger partial charge in [-0.1, -0.05) is 12.1 Å². The summed E-state index contributed by atoms with van der Waals surface area (Å²) in [5.74, 6) is 0.378. The zero-order chi connectivity index (χ0) is 12.7. The first kappa shape index (κ1) is 13.2. The number of Topliss-reactive ketones (excluding diaryl/α,β-unsaturated/α-hetero) is 1. The number of benzene rings is 1. The van der Waals surface area contributed by atoms with Crippen molar-refractivity contribution in [1.29, 1.82) is 0 Å². The van der Waals surface area contributed by atoms with Crippen molar-refractivity contribution >= 4 is 11.8 Å². The normalized spacial score (nSPS) is 9.76. The van der Waals surface area contributed by atoms with Crippen LogP contribution < -0.4 is 4.74 Å². The number of esters is 1. The fraction of sp³-hybridized carbons (Fsp3) is 0.385. The van der Waals surface area contributed by atoms with Crippen LogP contribution in [0.3, 0.4) is 0 Å². The van der Waals surface area contributed by atoms with Crippen molar-refractivity contribution in [3.05, 3.63) is 29.8 Å². The number of rotatable bonds is 6. The molecule has 0 aliphatic carbocycles. The summed E-state index contributed by atoms with van der Waals surface area (Å²) in [6.45, 7) is 1.48. The predicted molar refractivity (Wildman–Crippen MR) is 63.0 cm³/mol. The third-order valence-electron chi connectivity index (χ3n) is 2.27. The third-order valence-corrected chi connectivity index (χ3v) is 2.27. The van der Waals surface area contributed by atoms with E-state index in [0.29, 0.717) is 12.2 Å². The summed E-state index contributed by atoms with van der Waals surface area (Å²) in [7, 11) is 1.32. The highest BCUT2D eigenvalue weighted by atomic mass is 16.6. The summed E-state index contributed by atoms with van der Waals surface area (Å²) in [5.41, 5.74) is 1.07. The lowest BCUT2D eigenvalue weighted by Crippen LogP contribution is -2.12. The highest BCUT2D eigenvalue weighted by Crippen LogP contribution is 2.13. The molecule has 0 saturated heterocycles. The second-order valence-electron chi connectivity index (χ2n) is 3.71. The van der Waals surface area contributed by atoms with Gasteiger partial charge in [-0.25, -0.2) is 4.79 Å². The largest absolute Gasteiger partial charge is 0.482 e. The molecule has 0 N–H and O–H groups in total. The molecule has 0 amide bonds. The summed E-state index contributed by atoms with van der Waals surface area (Å²) >= 11 is 0. The molecule has 0 aliphatic heterocycles. The Bertz CT molecular complexity index is 381. The summed E-state index contributed by atoms with van der Waals surface area (Å²) in [5, 5.41) is 0. The van der Waals surface area contributed by atoms with Crippen LogP contribution in [0.5, 0.6) is 5.75 Å². The molecule has 0 radical (unpaired) electrons. The van der Waals surface area contributed by atoms with E-state index in [-0.39, 0.29) is 12.4 Å². The fourth-order valence-corrected chi connectivity index (χ4v) is 1.27. The van der Waals surface area contributed by atoms with E-state index in [4.69, 9.17) is 4.74 Å². The SMILES string of the molecule is COC(=O)COc1ccc(CCC(C)=O)cc1. The molecule has 17 heavy (non-hydrogen) atoms. The number of aryl methyl sites for hydroxylation is 1. The van der Waals surface area contributed by atoms with Crippen molar-refractivity contribution < 1.29 is 19.1 Å².